The van der Waals surface area contributed by atoms with Gasteiger partial charge in [0.15, 0.2) is 0 Å². The van der Waals surface area contributed by atoms with Crippen molar-refractivity contribution in [3.63, 3.8) is 0 Å². The van der Waals surface area contributed by atoms with E-state index in [0.29, 0.717) is 30.4 Å². The number of aromatic nitrogens is 3. The molecule has 1 amide bonds. The van der Waals surface area contributed by atoms with Gasteiger partial charge in [-0.2, -0.15) is 9.78 Å². The number of benzene rings is 1. The van der Waals surface area contributed by atoms with E-state index in [-0.39, 0.29) is 33.0 Å². The molecule has 53 heavy (non-hydrogen) atoms. The second-order valence-corrected chi connectivity index (χ2v) is 14.0. The zero-order valence-electron chi connectivity index (χ0n) is 32.5. The van der Waals surface area contributed by atoms with Gasteiger partial charge < -0.3 is 18.9 Å². The number of halogens is 1. The molecule has 0 fully saturated rings. The number of hydrogen-bond donors (Lipinski definition) is 1. The summed E-state index contributed by atoms with van der Waals surface area (Å²) in [5.41, 5.74) is 3.66. The molecule has 0 saturated heterocycles. The predicted molar refractivity (Wildman–Crippen MR) is 208 cm³/mol. The maximum absolute atomic E-state index is 12.6. The van der Waals surface area contributed by atoms with Crippen molar-refractivity contribution in [2.75, 3.05) is 39.6 Å². The molecule has 1 aromatic heterocycles. The number of carbonyl (C=O) groups excluding carboxylic acids is 1. The van der Waals surface area contributed by atoms with Crippen LogP contribution in [0.3, 0.4) is 0 Å². The molecule has 0 bridgehead atoms. The van der Waals surface area contributed by atoms with E-state index in [4.69, 9.17) is 18.9 Å². The van der Waals surface area contributed by atoms with Gasteiger partial charge in [0.2, 0.25) is 0 Å². The van der Waals surface area contributed by atoms with Gasteiger partial charge in [-0.3, -0.25) is 0 Å². The maximum atomic E-state index is 12.6. The molecule has 0 spiro atoms. The van der Waals surface area contributed by atoms with Crippen LogP contribution in [-0.4, -0.2) is 66.9 Å². The third-order valence-electron chi connectivity index (χ3n) is 8.60. The molecule has 0 aliphatic rings. The van der Waals surface area contributed by atoms with Crippen molar-refractivity contribution in [1.29, 1.82) is 0 Å². The summed E-state index contributed by atoms with van der Waals surface area (Å²) in [7, 11) is -3.12. The lowest BCUT2D eigenvalue weighted by Gasteiger charge is -2.11. The first-order valence-electron chi connectivity index (χ1n) is 20.1. The molecule has 0 aliphatic carbocycles. The SMILES string of the molecule is CCCCCCCCCCCCOc1cc(/C=N/NC(=O)n2cc(COCCOCCO[P+](=O)F)nn2)cc(OCCCCCCCCCCCC)c1. The summed E-state index contributed by atoms with van der Waals surface area (Å²) in [6, 6.07) is 5.13. The average Bonchev–Trinajstić information content (AvgIpc) is 3.63. The zero-order chi connectivity index (χ0) is 38.0. The number of amides is 1. The quantitative estimate of drug-likeness (QED) is 0.0315. The van der Waals surface area contributed by atoms with Crippen LogP contribution in [0.1, 0.15) is 154 Å². The summed E-state index contributed by atoms with van der Waals surface area (Å²) < 4.78 is 50.6. The van der Waals surface area contributed by atoms with Crippen molar-refractivity contribution in [1.82, 2.24) is 20.4 Å². The lowest BCUT2D eigenvalue weighted by molar-refractivity contribution is 0.0296. The Morgan fingerprint density at radius 3 is 1.74 bits per heavy atom. The number of carbonyl (C=O) groups is 1. The number of ether oxygens (including phenoxy) is 4. The second-order valence-electron chi connectivity index (χ2n) is 13.3. The Balaban J connectivity index is 1.79. The number of nitrogens with one attached hydrogen (secondary N) is 1. The number of hydrazone groups is 1. The normalized spacial score (nSPS) is 11.7. The minimum Gasteiger partial charge on any atom is -0.493 e. The summed E-state index contributed by atoms with van der Waals surface area (Å²) in [6.07, 6.45) is 28.4. The maximum Gasteiger partial charge on any atom is 0.746 e. The Bertz CT molecular complexity index is 1210. The van der Waals surface area contributed by atoms with Crippen LogP contribution in [0.25, 0.3) is 0 Å². The van der Waals surface area contributed by atoms with E-state index < -0.39 is 14.4 Å². The molecule has 2 aromatic rings. The van der Waals surface area contributed by atoms with Crippen molar-refractivity contribution < 1.29 is 37.0 Å². The molecule has 1 atom stereocenters. The van der Waals surface area contributed by atoms with Crippen molar-refractivity contribution in [2.24, 2.45) is 5.10 Å². The molecule has 1 unspecified atom stereocenters. The largest absolute Gasteiger partial charge is 0.746 e. The fourth-order valence-corrected chi connectivity index (χ4v) is 5.85. The summed E-state index contributed by atoms with van der Waals surface area (Å²) in [4.78, 5) is 12.6. The summed E-state index contributed by atoms with van der Waals surface area (Å²) in [5.74, 6) is 1.43. The topological polar surface area (TPSA) is 135 Å². The smallest absolute Gasteiger partial charge is 0.493 e. The average molecular weight is 767 g/mol. The van der Waals surface area contributed by atoms with Gasteiger partial charge in [0.1, 0.15) is 23.8 Å². The van der Waals surface area contributed by atoms with Gasteiger partial charge in [-0.05, 0) is 25.0 Å². The Morgan fingerprint density at radius 1 is 0.717 bits per heavy atom. The zero-order valence-corrected chi connectivity index (χ0v) is 33.3. The highest BCUT2D eigenvalue weighted by Crippen LogP contribution is 2.24. The van der Waals surface area contributed by atoms with Crippen LogP contribution in [0.15, 0.2) is 29.5 Å². The van der Waals surface area contributed by atoms with E-state index in [2.05, 4.69) is 39.2 Å². The van der Waals surface area contributed by atoms with Crippen LogP contribution in [0, 0.1) is 0 Å². The molecule has 2 rings (SSSR count). The van der Waals surface area contributed by atoms with Gasteiger partial charge in [0.05, 0.1) is 56.2 Å². The lowest BCUT2D eigenvalue weighted by atomic mass is 10.1. The number of nitrogens with zero attached hydrogens (tertiary/aromatic N) is 4. The van der Waals surface area contributed by atoms with Gasteiger partial charge in [-0.25, -0.2) is 10.2 Å². The van der Waals surface area contributed by atoms with E-state index >= 15 is 0 Å². The third-order valence-corrected chi connectivity index (χ3v) is 8.99. The van der Waals surface area contributed by atoms with Crippen LogP contribution >= 0.6 is 8.34 Å². The van der Waals surface area contributed by atoms with Crippen molar-refractivity contribution in [3.8, 4) is 11.5 Å². The minimum atomic E-state index is -3.12. The molecule has 1 N–H and O–H groups in total. The van der Waals surface area contributed by atoms with Gasteiger partial charge >= 0.3 is 14.4 Å². The predicted octanol–water partition coefficient (Wildman–Crippen LogP) is 10.6. The van der Waals surface area contributed by atoms with E-state index in [9.17, 15) is 13.6 Å². The number of rotatable bonds is 35. The Hall–Kier alpha value is -2.99. The standard InChI is InChI=1S/C39H65FN5O7P/c1-3-5-7-9-11-13-15-17-19-21-23-50-37-29-35(30-38(31-37)51-24-22-20-18-16-14-12-10-8-6-4-2)32-41-43-39(46)45-33-36(42-44-45)34-49-26-25-48-27-28-52-53(40)47/h29-33H,3-28,34H2,1-2H3/p+1/b41-32+. The fourth-order valence-electron chi connectivity index (χ4n) is 5.64. The van der Waals surface area contributed by atoms with Crippen LogP contribution in [-0.2, 0) is 25.2 Å². The molecule has 1 aromatic carbocycles. The van der Waals surface area contributed by atoms with E-state index in [0.717, 1.165) is 35.9 Å². The molecule has 300 valence electrons. The molecule has 0 aliphatic heterocycles. The summed E-state index contributed by atoms with van der Waals surface area (Å²) in [6.45, 7) is 6.34. The summed E-state index contributed by atoms with van der Waals surface area (Å²) in [5, 5.41) is 11.9. The van der Waals surface area contributed by atoms with Gasteiger partial charge in [-0.15, -0.1) is 9.62 Å². The highest BCUT2D eigenvalue weighted by molar-refractivity contribution is 7.32. The first kappa shape index (κ1) is 46.2. The number of hydrogen-bond acceptors (Lipinski definition) is 10. The van der Waals surface area contributed by atoms with Gasteiger partial charge in [0, 0.05) is 16.2 Å². The second kappa shape index (κ2) is 32.4. The number of unbranched alkanes of at least 4 members (excludes halogenated alkanes) is 18. The van der Waals surface area contributed by atoms with Crippen molar-refractivity contribution >= 4 is 20.6 Å². The first-order valence-corrected chi connectivity index (χ1v) is 21.2. The van der Waals surface area contributed by atoms with Gasteiger partial charge in [0.25, 0.3) is 0 Å². The monoisotopic (exact) mass is 766 g/mol. The van der Waals surface area contributed by atoms with Crippen LogP contribution < -0.4 is 14.9 Å². The lowest BCUT2D eigenvalue weighted by Crippen LogP contribution is -2.24. The molecule has 14 heteroatoms. The van der Waals surface area contributed by atoms with E-state index in [1.165, 1.54) is 109 Å². The Morgan fingerprint density at radius 2 is 1.21 bits per heavy atom. The fraction of sp³-hybridized carbons (Fsp3) is 0.744. The molecule has 1 heterocycles. The Kier molecular flexibility index (Phi) is 28.3. The van der Waals surface area contributed by atoms with E-state index in [1.54, 1.807) is 6.21 Å². The third kappa shape index (κ3) is 25.6. The highest BCUT2D eigenvalue weighted by Gasteiger charge is 2.14. The molecule has 0 saturated carbocycles. The first-order chi connectivity index (χ1) is 26.0. The van der Waals surface area contributed by atoms with Crippen molar-refractivity contribution in [3.05, 3.63) is 35.7 Å². The molecular weight excluding hydrogens is 700 g/mol. The van der Waals surface area contributed by atoms with Crippen LogP contribution in [0.2, 0.25) is 0 Å². The summed E-state index contributed by atoms with van der Waals surface area (Å²) >= 11 is 0. The van der Waals surface area contributed by atoms with Crippen LogP contribution in [0.4, 0.5) is 8.99 Å². The van der Waals surface area contributed by atoms with Crippen LogP contribution in [0.5, 0.6) is 11.5 Å². The Labute approximate surface area is 318 Å². The van der Waals surface area contributed by atoms with Crippen molar-refractivity contribution in [2.45, 2.75) is 149 Å². The molecule has 0 radical (unpaired) electrons. The minimum absolute atomic E-state index is 0.0929. The van der Waals surface area contributed by atoms with E-state index in [1.807, 2.05) is 18.2 Å². The molecule has 12 nitrogen and oxygen atoms in total. The highest BCUT2D eigenvalue weighted by atomic mass is 31.2. The van der Waals surface area contributed by atoms with Gasteiger partial charge in [-0.1, -0.05) is 135 Å². The molecular formula is C39H66FN5O7P+.